The number of hydrogen-bond acceptors (Lipinski definition) is 4. The molecule has 4 nitrogen and oxygen atoms in total. The van der Waals surface area contributed by atoms with Crippen LogP contribution in [0.1, 0.15) is 37.1 Å². The molecule has 1 saturated heterocycles. The summed E-state index contributed by atoms with van der Waals surface area (Å²) in [5.41, 5.74) is 1.33. The number of nitrogens with zero attached hydrogens (tertiary/aromatic N) is 1. The van der Waals surface area contributed by atoms with E-state index in [1.54, 1.807) is 11.3 Å². The van der Waals surface area contributed by atoms with Crippen LogP contribution in [-0.2, 0) is 11.3 Å². The molecule has 2 heterocycles. The van der Waals surface area contributed by atoms with Gasteiger partial charge in [-0.05, 0) is 49.5 Å². The SMILES string of the molecule is CCNC(=NCc1sccc1C)NCC1(SCC)CCOCC1. The number of hydrogen-bond donors (Lipinski definition) is 2. The van der Waals surface area contributed by atoms with Crippen molar-refractivity contribution in [1.82, 2.24) is 10.6 Å². The van der Waals surface area contributed by atoms with Gasteiger partial charge in [-0.3, -0.25) is 0 Å². The van der Waals surface area contributed by atoms with Crippen LogP contribution in [0.2, 0.25) is 0 Å². The lowest BCUT2D eigenvalue weighted by Gasteiger charge is -2.37. The van der Waals surface area contributed by atoms with E-state index in [2.05, 4.69) is 54.6 Å². The van der Waals surface area contributed by atoms with Crippen molar-refractivity contribution in [2.45, 2.75) is 44.9 Å². The molecule has 1 fully saturated rings. The Bertz CT molecular complexity index is 490. The molecule has 1 aliphatic heterocycles. The Hall–Kier alpha value is -0.720. The van der Waals surface area contributed by atoms with Gasteiger partial charge in [-0.2, -0.15) is 11.8 Å². The smallest absolute Gasteiger partial charge is 0.191 e. The molecule has 0 amide bonds. The minimum Gasteiger partial charge on any atom is -0.381 e. The number of thioether (sulfide) groups is 1. The van der Waals surface area contributed by atoms with Gasteiger partial charge in [0.15, 0.2) is 5.96 Å². The van der Waals surface area contributed by atoms with Crippen LogP contribution in [0.3, 0.4) is 0 Å². The van der Waals surface area contributed by atoms with E-state index in [1.807, 2.05) is 0 Å². The van der Waals surface area contributed by atoms with Gasteiger partial charge in [-0.1, -0.05) is 6.92 Å². The summed E-state index contributed by atoms with van der Waals surface area (Å²) in [5, 5.41) is 9.07. The predicted octanol–water partition coefficient (Wildman–Crippen LogP) is 3.41. The second kappa shape index (κ2) is 9.55. The first kappa shape index (κ1) is 18.6. The van der Waals surface area contributed by atoms with Crippen molar-refractivity contribution in [3.8, 4) is 0 Å². The monoisotopic (exact) mass is 355 g/mol. The molecule has 6 heteroatoms. The highest BCUT2D eigenvalue weighted by Gasteiger charge is 2.32. The van der Waals surface area contributed by atoms with E-state index in [4.69, 9.17) is 9.73 Å². The Morgan fingerprint density at radius 1 is 1.35 bits per heavy atom. The number of aryl methyl sites for hydroxylation is 1. The van der Waals surface area contributed by atoms with Crippen molar-refractivity contribution in [3.05, 3.63) is 21.9 Å². The molecule has 130 valence electrons. The summed E-state index contributed by atoms with van der Waals surface area (Å²) < 4.78 is 5.83. The highest BCUT2D eigenvalue weighted by Crippen LogP contribution is 2.34. The van der Waals surface area contributed by atoms with Gasteiger partial charge in [-0.25, -0.2) is 4.99 Å². The van der Waals surface area contributed by atoms with E-state index in [9.17, 15) is 0 Å². The fraction of sp³-hybridized carbons (Fsp3) is 0.706. The first-order valence-corrected chi connectivity index (χ1v) is 10.3. The predicted molar refractivity (Wildman–Crippen MR) is 103 cm³/mol. The molecule has 1 aromatic rings. The molecule has 1 aliphatic rings. The van der Waals surface area contributed by atoms with Crippen LogP contribution in [0.25, 0.3) is 0 Å². The van der Waals surface area contributed by atoms with Crippen molar-refractivity contribution < 1.29 is 4.74 Å². The zero-order chi connectivity index (χ0) is 16.5. The Balaban J connectivity index is 1.96. The summed E-state index contributed by atoms with van der Waals surface area (Å²) in [6.07, 6.45) is 2.23. The molecule has 0 unspecified atom stereocenters. The first-order chi connectivity index (χ1) is 11.2. The van der Waals surface area contributed by atoms with Crippen molar-refractivity contribution in [2.75, 3.05) is 32.1 Å². The molecule has 0 aliphatic carbocycles. The molecule has 0 bridgehead atoms. The third-order valence-electron chi connectivity index (χ3n) is 4.13. The summed E-state index contributed by atoms with van der Waals surface area (Å²) >= 11 is 3.83. The third kappa shape index (κ3) is 5.69. The molecule has 0 radical (unpaired) electrons. The van der Waals surface area contributed by atoms with Gasteiger partial charge < -0.3 is 15.4 Å². The Morgan fingerprint density at radius 3 is 2.74 bits per heavy atom. The number of aliphatic imine (C=N–C) groups is 1. The van der Waals surface area contributed by atoms with Crippen LogP contribution in [-0.4, -0.2) is 42.8 Å². The molecule has 0 atom stereocenters. The standard InChI is InChI=1S/C17H29N3OS2/c1-4-18-16(19-12-15-14(3)6-11-22-15)20-13-17(23-5-2)7-9-21-10-8-17/h6,11H,4-5,7-10,12-13H2,1-3H3,(H2,18,19,20). The van der Waals surface area contributed by atoms with E-state index in [0.717, 1.165) is 57.4 Å². The van der Waals surface area contributed by atoms with E-state index >= 15 is 0 Å². The highest BCUT2D eigenvalue weighted by molar-refractivity contribution is 8.00. The van der Waals surface area contributed by atoms with Gasteiger partial charge in [-0.15, -0.1) is 11.3 Å². The molecular weight excluding hydrogens is 326 g/mol. The Labute approximate surface area is 148 Å². The second-order valence-corrected chi connectivity index (χ2v) is 8.54. The molecule has 23 heavy (non-hydrogen) atoms. The normalized spacial score (nSPS) is 18.0. The minimum atomic E-state index is 0.280. The van der Waals surface area contributed by atoms with Crippen LogP contribution >= 0.6 is 23.1 Å². The molecule has 0 aromatic carbocycles. The number of nitrogens with one attached hydrogen (secondary N) is 2. The molecule has 1 aromatic heterocycles. The fourth-order valence-corrected chi connectivity index (χ4v) is 4.80. The van der Waals surface area contributed by atoms with E-state index in [0.29, 0.717) is 0 Å². The van der Waals surface area contributed by atoms with Crippen LogP contribution < -0.4 is 10.6 Å². The molecule has 2 N–H and O–H groups in total. The molecule has 2 rings (SSSR count). The van der Waals surface area contributed by atoms with Gasteiger partial charge in [0.1, 0.15) is 0 Å². The summed E-state index contributed by atoms with van der Waals surface area (Å²) in [5.74, 6) is 2.06. The third-order valence-corrected chi connectivity index (χ3v) is 6.59. The van der Waals surface area contributed by atoms with Crippen LogP contribution in [0.5, 0.6) is 0 Å². The summed E-state index contributed by atoms with van der Waals surface area (Å²) in [6.45, 7) is 10.8. The maximum atomic E-state index is 5.55. The number of ether oxygens (including phenoxy) is 1. The zero-order valence-electron chi connectivity index (χ0n) is 14.5. The van der Waals surface area contributed by atoms with Gasteiger partial charge in [0.25, 0.3) is 0 Å². The van der Waals surface area contributed by atoms with E-state index < -0.39 is 0 Å². The highest BCUT2D eigenvalue weighted by atomic mass is 32.2. The number of thiophene rings is 1. The molecule has 0 spiro atoms. The Kier molecular flexibility index (Phi) is 7.73. The van der Waals surface area contributed by atoms with Crippen LogP contribution in [0, 0.1) is 6.92 Å². The minimum absolute atomic E-state index is 0.280. The lowest BCUT2D eigenvalue weighted by molar-refractivity contribution is 0.0782. The quantitative estimate of drug-likeness (QED) is 0.581. The van der Waals surface area contributed by atoms with Gasteiger partial charge in [0.05, 0.1) is 6.54 Å². The maximum absolute atomic E-state index is 5.55. The van der Waals surface area contributed by atoms with Crippen LogP contribution in [0.4, 0.5) is 0 Å². The van der Waals surface area contributed by atoms with Gasteiger partial charge in [0, 0.05) is 35.9 Å². The molecular formula is C17H29N3OS2. The van der Waals surface area contributed by atoms with Crippen LogP contribution in [0.15, 0.2) is 16.4 Å². The second-order valence-electron chi connectivity index (χ2n) is 5.80. The van der Waals surface area contributed by atoms with E-state index in [-0.39, 0.29) is 4.75 Å². The van der Waals surface area contributed by atoms with Gasteiger partial charge >= 0.3 is 0 Å². The van der Waals surface area contributed by atoms with Crippen molar-refractivity contribution in [1.29, 1.82) is 0 Å². The van der Waals surface area contributed by atoms with Crippen molar-refractivity contribution in [2.24, 2.45) is 4.99 Å². The Morgan fingerprint density at radius 2 is 2.13 bits per heavy atom. The number of rotatable bonds is 7. The maximum Gasteiger partial charge on any atom is 0.191 e. The summed E-state index contributed by atoms with van der Waals surface area (Å²) in [7, 11) is 0. The summed E-state index contributed by atoms with van der Waals surface area (Å²) in [6, 6.07) is 2.16. The number of guanidine groups is 1. The average molecular weight is 356 g/mol. The summed E-state index contributed by atoms with van der Waals surface area (Å²) in [4.78, 5) is 6.10. The lowest BCUT2D eigenvalue weighted by Crippen LogP contribution is -2.48. The van der Waals surface area contributed by atoms with Gasteiger partial charge in [0.2, 0.25) is 0 Å². The average Bonchev–Trinajstić information content (AvgIpc) is 2.96. The van der Waals surface area contributed by atoms with Crippen molar-refractivity contribution >= 4 is 29.1 Å². The largest absolute Gasteiger partial charge is 0.381 e. The van der Waals surface area contributed by atoms with E-state index in [1.165, 1.54) is 10.4 Å². The zero-order valence-corrected chi connectivity index (χ0v) is 16.1. The van der Waals surface area contributed by atoms with Crippen molar-refractivity contribution in [3.63, 3.8) is 0 Å². The first-order valence-electron chi connectivity index (χ1n) is 8.46. The lowest BCUT2D eigenvalue weighted by atomic mass is 9.99. The topological polar surface area (TPSA) is 45.7 Å². The fourth-order valence-electron chi connectivity index (χ4n) is 2.73. The molecule has 0 saturated carbocycles.